The zero-order valence-corrected chi connectivity index (χ0v) is 13.8. The number of hydrogen-bond acceptors (Lipinski definition) is 3. The smallest absolute Gasteiger partial charge is 0.123 e. The lowest BCUT2D eigenvalue weighted by Gasteiger charge is -2.23. The lowest BCUT2D eigenvalue weighted by atomic mass is 10.0. The Morgan fingerprint density at radius 3 is 2.62 bits per heavy atom. The maximum Gasteiger partial charge on any atom is 0.123 e. The van der Waals surface area contributed by atoms with Gasteiger partial charge in [0.05, 0.1) is 17.8 Å². The molecule has 2 heterocycles. The van der Waals surface area contributed by atoms with Crippen LogP contribution in [-0.4, -0.2) is 32.4 Å². The van der Waals surface area contributed by atoms with Crippen molar-refractivity contribution in [2.75, 3.05) is 6.54 Å². The second-order valence-corrected chi connectivity index (χ2v) is 7.11. The maximum atomic E-state index is 13.2. The summed E-state index contributed by atoms with van der Waals surface area (Å²) in [5.41, 5.74) is 2.10. The molecule has 5 heteroatoms. The highest BCUT2D eigenvalue weighted by Gasteiger charge is 2.32. The first-order valence-electron chi connectivity index (χ1n) is 8.90. The van der Waals surface area contributed by atoms with Gasteiger partial charge in [0.15, 0.2) is 0 Å². The molecular weight excluding hydrogens is 305 g/mol. The minimum absolute atomic E-state index is 0.122. The average molecular weight is 329 g/mol. The standard InChI is InChI=1S/C19H24FN3O/c20-15-7-5-14(6-8-15)19-11-18(24)13-22(19)12-16-9-10-23(21-16)17-3-1-2-4-17/h5-10,17-19,24H,1-4,11-13H2/t18-,19-/m1/s1. The predicted octanol–water partition coefficient (Wildman–Crippen LogP) is 3.45. The van der Waals surface area contributed by atoms with E-state index in [4.69, 9.17) is 5.10 Å². The van der Waals surface area contributed by atoms with E-state index >= 15 is 0 Å². The molecule has 0 radical (unpaired) electrons. The molecule has 1 aliphatic carbocycles. The minimum Gasteiger partial charge on any atom is -0.392 e. The fraction of sp³-hybridized carbons (Fsp3) is 0.526. The fourth-order valence-corrected chi connectivity index (χ4v) is 4.13. The van der Waals surface area contributed by atoms with Gasteiger partial charge in [-0.05, 0) is 43.0 Å². The second-order valence-electron chi connectivity index (χ2n) is 7.11. The molecule has 2 atom stereocenters. The summed E-state index contributed by atoms with van der Waals surface area (Å²) in [6, 6.07) is 9.39. The molecular formula is C19H24FN3O. The van der Waals surface area contributed by atoms with E-state index in [0.29, 0.717) is 19.0 Å². The molecule has 1 aromatic carbocycles. The molecule has 0 bridgehead atoms. The lowest BCUT2D eigenvalue weighted by molar-refractivity contribution is 0.172. The summed E-state index contributed by atoms with van der Waals surface area (Å²) in [6.07, 6.45) is 7.48. The molecule has 0 spiro atoms. The van der Waals surface area contributed by atoms with Crippen LogP contribution in [0.3, 0.4) is 0 Å². The number of rotatable bonds is 4. The van der Waals surface area contributed by atoms with Crippen LogP contribution in [0, 0.1) is 5.82 Å². The molecule has 4 rings (SSSR count). The molecule has 2 fully saturated rings. The van der Waals surface area contributed by atoms with Crippen LogP contribution >= 0.6 is 0 Å². The lowest BCUT2D eigenvalue weighted by Crippen LogP contribution is -2.24. The molecule has 128 valence electrons. The van der Waals surface area contributed by atoms with E-state index in [2.05, 4.69) is 21.8 Å². The van der Waals surface area contributed by atoms with Crippen molar-refractivity contribution in [2.45, 2.75) is 56.8 Å². The zero-order valence-electron chi connectivity index (χ0n) is 13.8. The Hall–Kier alpha value is -1.72. The number of benzene rings is 1. The third-order valence-electron chi connectivity index (χ3n) is 5.36. The highest BCUT2D eigenvalue weighted by molar-refractivity contribution is 5.22. The molecule has 1 aliphatic heterocycles. The summed E-state index contributed by atoms with van der Waals surface area (Å²) in [4.78, 5) is 2.25. The van der Waals surface area contributed by atoms with Gasteiger partial charge in [-0.15, -0.1) is 0 Å². The molecule has 0 unspecified atom stereocenters. The van der Waals surface area contributed by atoms with Crippen LogP contribution in [0.15, 0.2) is 36.5 Å². The van der Waals surface area contributed by atoms with Crippen molar-refractivity contribution >= 4 is 0 Å². The Labute approximate surface area is 141 Å². The maximum absolute atomic E-state index is 13.2. The Morgan fingerprint density at radius 1 is 1.12 bits per heavy atom. The Balaban J connectivity index is 1.48. The van der Waals surface area contributed by atoms with Crippen molar-refractivity contribution < 1.29 is 9.50 Å². The van der Waals surface area contributed by atoms with Crippen LogP contribution in [0.4, 0.5) is 4.39 Å². The van der Waals surface area contributed by atoms with E-state index in [0.717, 1.165) is 17.8 Å². The third-order valence-corrected chi connectivity index (χ3v) is 5.36. The Kier molecular flexibility index (Phi) is 4.37. The van der Waals surface area contributed by atoms with Gasteiger partial charge in [-0.3, -0.25) is 9.58 Å². The van der Waals surface area contributed by atoms with Crippen molar-refractivity contribution in [1.82, 2.24) is 14.7 Å². The number of halogens is 1. The number of nitrogens with zero attached hydrogens (tertiary/aromatic N) is 3. The molecule has 1 saturated heterocycles. The van der Waals surface area contributed by atoms with E-state index in [1.165, 1.54) is 37.8 Å². The number of aromatic nitrogens is 2. The van der Waals surface area contributed by atoms with Gasteiger partial charge in [-0.2, -0.15) is 5.10 Å². The molecule has 1 N–H and O–H groups in total. The number of hydrogen-bond donors (Lipinski definition) is 1. The summed E-state index contributed by atoms with van der Waals surface area (Å²) in [6.45, 7) is 1.36. The summed E-state index contributed by atoms with van der Waals surface area (Å²) in [7, 11) is 0. The molecule has 2 aromatic rings. The Morgan fingerprint density at radius 2 is 1.88 bits per heavy atom. The molecule has 4 nitrogen and oxygen atoms in total. The van der Waals surface area contributed by atoms with Crippen molar-refractivity contribution in [1.29, 1.82) is 0 Å². The van der Waals surface area contributed by atoms with Gasteiger partial charge >= 0.3 is 0 Å². The molecule has 2 aliphatic rings. The normalized spacial score (nSPS) is 25.6. The highest BCUT2D eigenvalue weighted by Crippen LogP contribution is 2.34. The van der Waals surface area contributed by atoms with E-state index in [9.17, 15) is 9.50 Å². The molecule has 1 aromatic heterocycles. The summed E-state index contributed by atoms with van der Waals surface area (Å²) >= 11 is 0. The van der Waals surface area contributed by atoms with Crippen molar-refractivity contribution in [3.63, 3.8) is 0 Å². The van der Waals surface area contributed by atoms with Crippen molar-refractivity contribution in [2.24, 2.45) is 0 Å². The van der Waals surface area contributed by atoms with Gasteiger partial charge < -0.3 is 5.11 Å². The second kappa shape index (κ2) is 6.65. The first-order chi connectivity index (χ1) is 11.7. The number of β-amino-alcohol motifs (C(OH)–C–C–N with tert-alkyl or cyclic N) is 1. The fourth-order valence-electron chi connectivity index (χ4n) is 4.13. The largest absolute Gasteiger partial charge is 0.392 e. The number of likely N-dealkylation sites (tertiary alicyclic amines) is 1. The van der Waals surface area contributed by atoms with Crippen LogP contribution in [0.5, 0.6) is 0 Å². The first kappa shape index (κ1) is 15.8. The molecule has 24 heavy (non-hydrogen) atoms. The van der Waals surface area contributed by atoms with Gasteiger partial charge in [0.2, 0.25) is 0 Å². The van der Waals surface area contributed by atoms with E-state index in [1.54, 1.807) is 0 Å². The minimum atomic E-state index is -0.336. The van der Waals surface area contributed by atoms with Crippen LogP contribution < -0.4 is 0 Å². The monoisotopic (exact) mass is 329 g/mol. The quantitative estimate of drug-likeness (QED) is 0.934. The van der Waals surface area contributed by atoms with Crippen molar-refractivity contribution in [3.05, 3.63) is 53.6 Å². The number of aliphatic hydroxyl groups is 1. The Bertz CT molecular complexity index is 678. The third kappa shape index (κ3) is 3.23. The molecule has 1 saturated carbocycles. The molecule has 0 amide bonds. The predicted molar refractivity (Wildman–Crippen MR) is 89.9 cm³/mol. The zero-order chi connectivity index (χ0) is 16.5. The highest BCUT2D eigenvalue weighted by atomic mass is 19.1. The van der Waals surface area contributed by atoms with Crippen LogP contribution in [0.1, 0.15) is 55.4 Å². The summed E-state index contributed by atoms with van der Waals surface area (Å²) in [5.74, 6) is -0.223. The van der Waals surface area contributed by atoms with Gasteiger partial charge in [0, 0.05) is 25.3 Å². The van der Waals surface area contributed by atoms with Gasteiger partial charge in [0.25, 0.3) is 0 Å². The van der Waals surface area contributed by atoms with Crippen molar-refractivity contribution in [3.8, 4) is 0 Å². The van der Waals surface area contributed by atoms with Gasteiger partial charge in [0.1, 0.15) is 5.82 Å². The average Bonchev–Trinajstić information content (AvgIpc) is 3.29. The topological polar surface area (TPSA) is 41.3 Å². The van der Waals surface area contributed by atoms with Crippen LogP contribution in [0.2, 0.25) is 0 Å². The first-order valence-corrected chi connectivity index (χ1v) is 8.90. The van der Waals surface area contributed by atoms with E-state index < -0.39 is 0 Å². The summed E-state index contributed by atoms with van der Waals surface area (Å²) < 4.78 is 15.3. The van der Waals surface area contributed by atoms with E-state index in [1.807, 2.05) is 12.1 Å². The van der Waals surface area contributed by atoms with Crippen LogP contribution in [0.25, 0.3) is 0 Å². The van der Waals surface area contributed by atoms with Crippen LogP contribution in [-0.2, 0) is 6.54 Å². The van der Waals surface area contributed by atoms with Gasteiger partial charge in [-0.25, -0.2) is 4.39 Å². The van der Waals surface area contributed by atoms with E-state index in [-0.39, 0.29) is 18.0 Å². The summed E-state index contributed by atoms with van der Waals surface area (Å²) in [5, 5.41) is 14.9. The number of aliphatic hydroxyl groups excluding tert-OH is 1. The van der Waals surface area contributed by atoms with Gasteiger partial charge in [-0.1, -0.05) is 25.0 Å². The SMILES string of the molecule is O[C@@H]1C[C@H](c2ccc(F)cc2)N(Cc2ccn(C3CCCC3)n2)C1.